The van der Waals surface area contributed by atoms with Gasteiger partial charge in [0, 0.05) is 12.1 Å². The largest absolute Gasteiger partial charge is 0.348 e. The van der Waals surface area contributed by atoms with Crippen LogP contribution in [0, 0.1) is 5.92 Å². The summed E-state index contributed by atoms with van der Waals surface area (Å²) in [5, 5.41) is 7.29. The molecule has 1 heterocycles. The SMILES string of the molecule is CC1CCCCC1NC(=O)c1ccc(=O)n(-c2ccccc2)n1. The van der Waals surface area contributed by atoms with Crippen LogP contribution in [-0.4, -0.2) is 21.7 Å². The highest BCUT2D eigenvalue weighted by Crippen LogP contribution is 2.23. The Morgan fingerprint density at radius 1 is 1.13 bits per heavy atom. The zero-order chi connectivity index (χ0) is 16.2. The van der Waals surface area contributed by atoms with E-state index in [1.165, 1.54) is 23.2 Å². The number of hydrogen-bond acceptors (Lipinski definition) is 3. The molecule has 5 heteroatoms. The number of nitrogens with one attached hydrogen (secondary N) is 1. The average Bonchev–Trinajstić information content (AvgIpc) is 2.58. The predicted molar refractivity (Wildman–Crippen MR) is 88.7 cm³/mol. The average molecular weight is 311 g/mol. The molecular weight excluding hydrogens is 290 g/mol. The summed E-state index contributed by atoms with van der Waals surface area (Å²) in [7, 11) is 0. The summed E-state index contributed by atoms with van der Waals surface area (Å²) in [6, 6.07) is 12.2. The van der Waals surface area contributed by atoms with Crippen molar-refractivity contribution in [2.24, 2.45) is 5.92 Å². The molecule has 1 aliphatic carbocycles. The van der Waals surface area contributed by atoms with Gasteiger partial charge in [0.25, 0.3) is 11.5 Å². The van der Waals surface area contributed by atoms with Crippen LogP contribution in [0.5, 0.6) is 0 Å². The molecule has 1 aliphatic rings. The lowest BCUT2D eigenvalue weighted by atomic mass is 9.86. The Balaban J connectivity index is 1.83. The summed E-state index contributed by atoms with van der Waals surface area (Å²) >= 11 is 0. The minimum atomic E-state index is -0.251. The minimum Gasteiger partial charge on any atom is -0.348 e. The maximum Gasteiger partial charge on any atom is 0.271 e. The molecule has 120 valence electrons. The van der Waals surface area contributed by atoms with Crippen molar-refractivity contribution in [3.63, 3.8) is 0 Å². The van der Waals surface area contributed by atoms with Crippen molar-refractivity contribution in [2.45, 2.75) is 38.6 Å². The quantitative estimate of drug-likeness (QED) is 0.947. The van der Waals surface area contributed by atoms with Crippen molar-refractivity contribution in [3.05, 3.63) is 58.5 Å². The van der Waals surface area contributed by atoms with Gasteiger partial charge in [0.2, 0.25) is 0 Å². The van der Waals surface area contributed by atoms with Crippen LogP contribution in [-0.2, 0) is 0 Å². The van der Waals surface area contributed by atoms with Crippen molar-refractivity contribution >= 4 is 5.91 Å². The molecule has 2 atom stereocenters. The fourth-order valence-electron chi connectivity index (χ4n) is 3.06. The molecule has 0 radical (unpaired) electrons. The van der Waals surface area contributed by atoms with E-state index in [-0.39, 0.29) is 23.2 Å². The lowest BCUT2D eigenvalue weighted by molar-refractivity contribution is 0.0903. The van der Waals surface area contributed by atoms with Gasteiger partial charge < -0.3 is 5.32 Å². The fraction of sp³-hybridized carbons (Fsp3) is 0.389. The van der Waals surface area contributed by atoms with Crippen LogP contribution in [0.3, 0.4) is 0 Å². The van der Waals surface area contributed by atoms with Gasteiger partial charge >= 0.3 is 0 Å². The number of nitrogens with zero attached hydrogens (tertiary/aromatic N) is 2. The second-order valence-corrected chi connectivity index (χ2v) is 6.15. The molecule has 5 nitrogen and oxygen atoms in total. The zero-order valence-corrected chi connectivity index (χ0v) is 13.2. The maximum absolute atomic E-state index is 12.5. The second kappa shape index (κ2) is 6.77. The van der Waals surface area contributed by atoms with E-state index in [0.717, 1.165) is 19.3 Å². The van der Waals surface area contributed by atoms with Crippen molar-refractivity contribution in [1.29, 1.82) is 0 Å². The molecular formula is C18H21N3O2. The van der Waals surface area contributed by atoms with Gasteiger partial charge in [-0.15, -0.1) is 0 Å². The molecule has 0 bridgehead atoms. The Morgan fingerprint density at radius 3 is 2.61 bits per heavy atom. The van der Waals surface area contributed by atoms with Crippen LogP contribution in [0.25, 0.3) is 5.69 Å². The van der Waals surface area contributed by atoms with E-state index in [9.17, 15) is 9.59 Å². The van der Waals surface area contributed by atoms with E-state index in [1.807, 2.05) is 18.2 Å². The maximum atomic E-state index is 12.5. The summed E-state index contributed by atoms with van der Waals surface area (Å²) in [5.41, 5.74) is 0.670. The third kappa shape index (κ3) is 3.50. The summed E-state index contributed by atoms with van der Waals surface area (Å²) < 4.78 is 1.26. The molecule has 1 saturated carbocycles. The summed E-state index contributed by atoms with van der Waals surface area (Å²) in [6.07, 6.45) is 4.52. The first-order valence-corrected chi connectivity index (χ1v) is 8.12. The standard InChI is InChI=1S/C18H21N3O2/c1-13-7-5-6-10-15(13)19-18(23)16-11-12-17(22)21(20-16)14-8-3-2-4-9-14/h2-4,8-9,11-13,15H,5-7,10H2,1H3,(H,19,23). The van der Waals surface area contributed by atoms with E-state index >= 15 is 0 Å². The molecule has 0 aliphatic heterocycles. The molecule has 1 amide bonds. The van der Waals surface area contributed by atoms with Gasteiger partial charge in [0.1, 0.15) is 5.69 Å². The highest BCUT2D eigenvalue weighted by molar-refractivity contribution is 5.92. The molecule has 23 heavy (non-hydrogen) atoms. The van der Waals surface area contributed by atoms with Crippen molar-refractivity contribution in [1.82, 2.24) is 15.1 Å². The van der Waals surface area contributed by atoms with Crippen LogP contribution in [0.4, 0.5) is 0 Å². The van der Waals surface area contributed by atoms with Gasteiger partial charge in [0.05, 0.1) is 5.69 Å². The van der Waals surface area contributed by atoms with Crippen molar-refractivity contribution in [2.75, 3.05) is 0 Å². The van der Waals surface area contributed by atoms with Crippen molar-refractivity contribution < 1.29 is 4.79 Å². The molecule has 0 spiro atoms. The first kappa shape index (κ1) is 15.5. The first-order valence-electron chi connectivity index (χ1n) is 8.12. The number of para-hydroxylation sites is 1. The predicted octanol–water partition coefficient (Wildman–Crippen LogP) is 2.54. The van der Waals surface area contributed by atoms with Gasteiger partial charge in [-0.25, -0.2) is 0 Å². The molecule has 1 fully saturated rings. The Kier molecular flexibility index (Phi) is 4.55. The van der Waals surface area contributed by atoms with E-state index in [0.29, 0.717) is 11.6 Å². The van der Waals surface area contributed by atoms with E-state index < -0.39 is 0 Å². The lowest BCUT2D eigenvalue weighted by Gasteiger charge is -2.29. The highest BCUT2D eigenvalue weighted by Gasteiger charge is 2.24. The normalized spacial score (nSPS) is 20.9. The molecule has 3 rings (SSSR count). The Hall–Kier alpha value is -2.43. The first-order chi connectivity index (χ1) is 11.1. The second-order valence-electron chi connectivity index (χ2n) is 6.15. The highest BCUT2D eigenvalue weighted by atomic mass is 16.2. The Bertz CT molecular complexity index is 739. The number of benzene rings is 1. The molecule has 1 aromatic carbocycles. The van der Waals surface area contributed by atoms with Gasteiger partial charge in [-0.05, 0) is 37.0 Å². The van der Waals surface area contributed by atoms with Crippen molar-refractivity contribution in [3.8, 4) is 5.69 Å². The van der Waals surface area contributed by atoms with E-state index in [4.69, 9.17) is 0 Å². The van der Waals surface area contributed by atoms with Gasteiger partial charge in [0.15, 0.2) is 0 Å². The molecule has 1 aromatic heterocycles. The molecule has 0 saturated heterocycles. The van der Waals surface area contributed by atoms with Crippen LogP contribution in [0.2, 0.25) is 0 Å². The Labute approximate surface area is 135 Å². The molecule has 2 unspecified atom stereocenters. The van der Waals surface area contributed by atoms with Crippen LogP contribution in [0.15, 0.2) is 47.3 Å². The smallest absolute Gasteiger partial charge is 0.271 e. The summed E-state index contributed by atoms with van der Waals surface area (Å²) in [5.74, 6) is 0.265. The van der Waals surface area contributed by atoms with E-state index in [2.05, 4.69) is 17.3 Å². The monoisotopic (exact) mass is 311 g/mol. The van der Waals surface area contributed by atoms with Gasteiger partial charge in [-0.2, -0.15) is 9.78 Å². The number of aromatic nitrogens is 2. The van der Waals surface area contributed by atoms with Crippen LogP contribution in [0.1, 0.15) is 43.1 Å². The van der Waals surface area contributed by atoms with Crippen LogP contribution < -0.4 is 10.9 Å². The number of hydrogen-bond donors (Lipinski definition) is 1. The van der Waals surface area contributed by atoms with Gasteiger partial charge in [-0.3, -0.25) is 9.59 Å². The number of amides is 1. The number of carbonyl (C=O) groups excluding carboxylic acids is 1. The molecule has 2 aromatic rings. The Morgan fingerprint density at radius 2 is 1.87 bits per heavy atom. The van der Waals surface area contributed by atoms with Crippen LogP contribution >= 0.6 is 0 Å². The van der Waals surface area contributed by atoms with E-state index in [1.54, 1.807) is 12.1 Å². The lowest BCUT2D eigenvalue weighted by Crippen LogP contribution is -2.41. The third-order valence-electron chi connectivity index (χ3n) is 4.46. The summed E-state index contributed by atoms with van der Waals surface area (Å²) in [4.78, 5) is 24.5. The third-order valence-corrected chi connectivity index (χ3v) is 4.46. The molecule has 1 N–H and O–H groups in total. The minimum absolute atomic E-state index is 0.190. The zero-order valence-electron chi connectivity index (χ0n) is 13.2. The fourth-order valence-corrected chi connectivity index (χ4v) is 3.06. The van der Waals surface area contributed by atoms with Gasteiger partial charge in [-0.1, -0.05) is 38.0 Å². The summed E-state index contributed by atoms with van der Waals surface area (Å²) in [6.45, 7) is 2.17. The number of carbonyl (C=O) groups is 1. The topological polar surface area (TPSA) is 64.0 Å². The number of rotatable bonds is 3.